The van der Waals surface area contributed by atoms with Crippen molar-refractivity contribution < 1.29 is 14.2 Å². The summed E-state index contributed by atoms with van der Waals surface area (Å²) in [6.45, 7) is 5.08. The number of ether oxygens (including phenoxy) is 3. The van der Waals surface area contributed by atoms with Crippen LogP contribution in [-0.4, -0.2) is 39.9 Å². The molecule has 7 heteroatoms. The molecule has 0 amide bonds. The smallest absolute Gasteiger partial charge is 0.191 e. The van der Waals surface area contributed by atoms with Crippen molar-refractivity contribution in [3.8, 4) is 11.5 Å². The second-order valence-electron chi connectivity index (χ2n) is 5.81. The molecule has 0 radical (unpaired) electrons. The first kappa shape index (κ1) is 24.0. The van der Waals surface area contributed by atoms with Gasteiger partial charge >= 0.3 is 0 Å². The van der Waals surface area contributed by atoms with Gasteiger partial charge in [0.15, 0.2) is 17.5 Å². The number of hydrogen-bond donors (Lipinski definition) is 2. The van der Waals surface area contributed by atoms with Crippen LogP contribution in [-0.2, 0) is 17.9 Å². The van der Waals surface area contributed by atoms with Crippen molar-refractivity contribution in [3.05, 3.63) is 59.7 Å². The van der Waals surface area contributed by atoms with Gasteiger partial charge in [0.1, 0.15) is 0 Å². The Morgan fingerprint density at radius 3 is 2.46 bits per heavy atom. The lowest BCUT2D eigenvalue weighted by molar-refractivity contribution is 0.125. The summed E-state index contributed by atoms with van der Waals surface area (Å²) in [5, 5.41) is 6.53. The fourth-order valence-electron chi connectivity index (χ4n) is 2.51. The molecule has 2 aromatic rings. The topological polar surface area (TPSA) is 64.1 Å². The maximum atomic E-state index is 5.67. The molecule has 0 fully saturated rings. The maximum Gasteiger partial charge on any atom is 0.191 e. The monoisotopic (exact) mass is 499 g/mol. The first-order valence-electron chi connectivity index (χ1n) is 9.12. The van der Waals surface area contributed by atoms with Gasteiger partial charge in [-0.2, -0.15) is 0 Å². The number of rotatable bonds is 10. The third kappa shape index (κ3) is 8.35. The molecule has 0 aliphatic heterocycles. The molecule has 0 aliphatic rings. The van der Waals surface area contributed by atoms with E-state index in [2.05, 4.69) is 27.8 Å². The number of methoxy groups -OCH3 is 1. The van der Waals surface area contributed by atoms with Crippen LogP contribution < -0.4 is 20.1 Å². The van der Waals surface area contributed by atoms with Crippen LogP contribution in [0, 0.1) is 0 Å². The summed E-state index contributed by atoms with van der Waals surface area (Å²) in [5.41, 5.74) is 2.26. The third-order valence-corrected chi connectivity index (χ3v) is 3.86. The summed E-state index contributed by atoms with van der Waals surface area (Å²) in [5.74, 6) is 2.21. The molecule has 2 aromatic carbocycles. The van der Waals surface area contributed by atoms with Crippen molar-refractivity contribution in [3.63, 3.8) is 0 Å². The van der Waals surface area contributed by atoms with E-state index in [0.717, 1.165) is 23.0 Å². The Labute approximate surface area is 184 Å². The molecule has 28 heavy (non-hydrogen) atoms. The van der Waals surface area contributed by atoms with Crippen LogP contribution in [0.5, 0.6) is 11.5 Å². The van der Waals surface area contributed by atoms with Gasteiger partial charge in [-0.3, -0.25) is 4.99 Å². The molecule has 0 spiro atoms. The standard InChI is InChI=1S/C21H29N3O3.HI/c1-4-27-20-14-18(10-11-19(20)25-3)15-24-21(22-2)23-12-13-26-16-17-8-6-5-7-9-17;/h5-11,14H,4,12-13,15-16H2,1-3H3,(H2,22,23,24);1H. The molecular formula is C21H30IN3O3. The fraction of sp³-hybridized carbons (Fsp3) is 0.381. The van der Waals surface area contributed by atoms with Gasteiger partial charge in [-0.05, 0) is 30.2 Å². The SMILES string of the molecule is CCOc1cc(CNC(=NC)NCCOCc2ccccc2)ccc1OC.I. The van der Waals surface area contributed by atoms with Crippen molar-refractivity contribution in [1.82, 2.24) is 10.6 Å². The van der Waals surface area contributed by atoms with Crippen LogP contribution in [0.25, 0.3) is 0 Å². The van der Waals surface area contributed by atoms with Crippen molar-refractivity contribution >= 4 is 29.9 Å². The molecule has 0 saturated heterocycles. The Hall–Kier alpha value is -2.00. The Bertz CT molecular complexity index is 711. The zero-order valence-corrected chi connectivity index (χ0v) is 19.1. The van der Waals surface area contributed by atoms with Crippen LogP contribution in [0.4, 0.5) is 0 Å². The number of nitrogens with one attached hydrogen (secondary N) is 2. The van der Waals surface area contributed by atoms with Crippen LogP contribution in [0.3, 0.4) is 0 Å². The minimum absolute atomic E-state index is 0. The minimum Gasteiger partial charge on any atom is -0.493 e. The quantitative estimate of drug-likeness (QED) is 0.227. The highest BCUT2D eigenvalue weighted by Gasteiger charge is 2.06. The van der Waals surface area contributed by atoms with E-state index in [0.29, 0.717) is 32.9 Å². The molecule has 0 atom stereocenters. The fourth-order valence-corrected chi connectivity index (χ4v) is 2.51. The Morgan fingerprint density at radius 1 is 1.00 bits per heavy atom. The molecule has 0 aromatic heterocycles. The average molecular weight is 499 g/mol. The highest BCUT2D eigenvalue weighted by molar-refractivity contribution is 14.0. The predicted octanol–water partition coefficient (Wildman–Crippen LogP) is 3.59. The van der Waals surface area contributed by atoms with E-state index in [1.54, 1.807) is 14.2 Å². The second kappa shape index (κ2) is 14.1. The Balaban J connectivity index is 0.00000392. The highest BCUT2D eigenvalue weighted by atomic mass is 127. The maximum absolute atomic E-state index is 5.67. The molecule has 0 saturated carbocycles. The predicted molar refractivity (Wildman–Crippen MR) is 124 cm³/mol. The lowest BCUT2D eigenvalue weighted by Crippen LogP contribution is -2.38. The molecule has 0 bridgehead atoms. The number of nitrogens with zero attached hydrogens (tertiary/aromatic N) is 1. The van der Waals surface area contributed by atoms with E-state index in [1.807, 2.05) is 43.3 Å². The summed E-state index contributed by atoms with van der Waals surface area (Å²) in [6.07, 6.45) is 0. The van der Waals surface area contributed by atoms with Crippen molar-refractivity contribution in [2.75, 3.05) is 33.9 Å². The number of aliphatic imine (C=N–C) groups is 1. The van der Waals surface area contributed by atoms with E-state index < -0.39 is 0 Å². The summed E-state index contributed by atoms with van der Waals surface area (Å²) in [6, 6.07) is 16.0. The molecule has 0 aliphatic carbocycles. The molecule has 154 valence electrons. The summed E-state index contributed by atoms with van der Waals surface area (Å²) in [4.78, 5) is 4.23. The second-order valence-corrected chi connectivity index (χ2v) is 5.81. The van der Waals surface area contributed by atoms with Crippen LogP contribution in [0.2, 0.25) is 0 Å². The van der Waals surface area contributed by atoms with Crippen LogP contribution in [0.15, 0.2) is 53.5 Å². The Kier molecular flexibility index (Phi) is 12.1. The van der Waals surface area contributed by atoms with Gasteiger partial charge in [-0.1, -0.05) is 36.4 Å². The van der Waals surface area contributed by atoms with E-state index in [4.69, 9.17) is 14.2 Å². The lowest BCUT2D eigenvalue weighted by atomic mass is 10.2. The van der Waals surface area contributed by atoms with Gasteiger partial charge in [0.2, 0.25) is 0 Å². The third-order valence-electron chi connectivity index (χ3n) is 3.86. The van der Waals surface area contributed by atoms with Gasteiger partial charge < -0.3 is 24.8 Å². The summed E-state index contributed by atoms with van der Waals surface area (Å²) in [7, 11) is 3.39. The van der Waals surface area contributed by atoms with Crippen LogP contribution in [0.1, 0.15) is 18.1 Å². The summed E-state index contributed by atoms with van der Waals surface area (Å²) >= 11 is 0. The highest BCUT2D eigenvalue weighted by Crippen LogP contribution is 2.27. The molecular weight excluding hydrogens is 469 g/mol. The molecule has 2 N–H and O–H groups in total. The van der Waals surface area contributed by atoms with Gasteiger partial charge in [-0.25, -0.2) is 0 Å². The van der Waals surface area contributed by atoms with Gasteiger partial charge in [0.25, 0.3) is 0 Å². The lowest BCUT2D eigenvalue weighted by Gasteiger charge is -2.14. The summed E-state index contributed by atoms with van der Waals surface area (Å²) < 4.78 is 16.6. The van der Waals surface area contributed by atoms with Gasteiger partial charge in [0, 0.05) is 20.1 Å². The first-order chi connectivity index (χ1) is 13.3. The zero-order chi connectivity index (χ0) is 19.3. The van der Waals surface area contributed by atoms with Gasteiger partial charge in [-0.15, -0.1) is 24.0 Å². The van der Waals surface area contributed by atoms with Crippen molar-refractivity contribution in [1.29, 1.82) is 0 Å². The first-order valence-corrected chi connectivity index (χ1v) is 9.12. The normalized spacial score (nSPS) is 10.8. The largest absolute Gasteiger partial charge is 0.493 e. The number of benzene rings is 2. The van der Waals surface area contributed by atoms with E-state index in [1.165, 1.54) is 5.56 Å². The number of guanidine groups is 1. The molecule has 0 heterocycles. The molecule has 6 nitrogen and oxygen atoms in total. The van der Waals surface area contributed by atoms with E-state index in [9.17, 15) is 0 Å². The van der Waals surface area contributed by atoms with Crippen LogP contribution >= 0.6 is 24.0 Å². The molecule has 0 unspecified atom stereocenters. The average Bonchev–Trinajstić information content (AvgIpc) is 2.71. The molecule has 2 rings (SSSR count). The van der Waals surface area contributed by atoms with Crippen molar-refractivity contribution in [2.24, 2.45) is 4.99 Å². The number of halogens is 1. The number of hydrogen-bond acceptors (Lipinski definition) is 4. The Morgan fingerprint density at radius 2 is 1.79 bits per heavy atom. The van der Waals surface area contributed by atoms with E-state index >= 15 is 0 Å². The minimum atomic E-state index is 0. The van der Waals surface area contributed by atoms with E-state index in [-0.39, 0.29) is 24.0 Å². The zero-order valence-electron chi connectivity index (χ0n) is 16.7. The van der Waals surface area contributed by atoms with Crippen molar-refractivity contribution in [2.45, 2.75) is 20.1 Å². The van der Waals surface area contributed by atoms with Gasteiger partial charge in [0.05, 0.1) is 26.9 Å².